The molecule has 0 saturated heterocycles. The molecule has 9 heteroatoms. The van der Waals surface area contributed by atoms with E-state index in [1.54, 1.807) is 6.07 Å². The fourth-order valence-electron chi connectivity index (χ4n) is 2.18. The molecule has 7 nitrogen and oxygen atoms in total. The molecule has 27 heavy (non-hydrogen) atoms. The number of pyridine rings is 1. The summed E-state index contributed by atoms with van der Waals surface area (Å²) in [5.74, 6) is -2.53. The quantitative estimate of drug-likeness (QED) is 0.531. The van der Waals surface area contributed by atoms with E-state index in [1.807, 2.05) is 6.92 Å². The average Bonchev–Trinajstić information content (AvgIpc) is 2.63. The smallest absolute Gasteiger partial charge is 0.258 e. The summed E-state index contributed by atoms with van der Waals surface area (Å²) in [5, 5.41) is 5.31. The number of aromatic amines is 1. The number of hydrogen-bond donors (Lipinski definition) is 3. The van der Waals surface area contributed by atoms with E-state index in [0.717, 1.165) is 18.2 Å². The molecule has 3 N–H and O–H groups in total. The van der Waals surface area contributed by atoms with Crippen molar-refractivity contribution in [3.8, 4) is 0 Å². The summed E-state index contributed by atoms with van der Waals surface area (Å²) < 4.78 is 31.5. The molecule has 0 aliphatic heterocycles. The van der Waals surface area contributed by atoms with E-state index in [2.05, 4.69) is 20.6 Å². The van der Waals surface area contributed by atoms with Gasteiger partial charge in [-0.05, 0) is 30.7 Å². The summed E-state index contributed by atoms with van der Waals surface area (Å²) in [5.41, 5.74) is -0.417. The van der Waals surface area contributed by atoms with Crippen molar-refractivity contribution >= 4 is 17.7 Å². The van der Waals surface area contributed by atoms with Crippen molar-refractivity contribution in [3.63, 3.8) is 0 Å². The minimum atomic E-state index is -1.13. The fourth-order valence-corrected chi connectivity index (χ4v) is 2.18. The van der Waals surface area contributed by atoms with E-state index in [-0.39, 0.29) is 23.1 Å². The third-order valence-electron chi connectivity index (χ3n) is 3.58. The first-order valence-electron chi connectivity index (χ1n) is 8.22. The Labute approximate surface area is 154 Å². The van der Waals surface area contributed by atoms with Gasteiger partial charge in [0.1, 0.15) is 5.82 Å². The molecule has 0 spiro atoms. The predicted molar refractivity (Wildman–Crippen MR) is 97.9 cm³/mol. The summed E-state index contributed by atoms with van der Waals surface area (Å²) >= 11 is 0. The number of carbonyl (C=O) groups is 1. The van der Waals surface area contributed by atoms with E-state index in [1.165, 1.54) is 19.2 Å². The lowest BCUT2D eigenvalue weighted by Gasteiger charge is -2.15. The number of halogens is 2. The molecule has 0 saturated carbocycles. The molecule has 1 heterocycles. The van der Waals surface area contributed by atoms with E-state index >= 15 is 0 Å². The van der Waals surface area contributed by atoms with Crippen LogP contribution >= 0.6 is 0 Å². The van der Waals surface area contributed by atoms with E-state index < -0.39 is 17.5 Å². The zero-order chi connectivity index (χ0) is 19.8. The lowest BCUT2D eigenvalue weighted by molar-refractivity contribution is 0.0976. The van der Waals surface area contributed by atoms with Crippen molar-refractivity contribution in [2.24, 2.45) is 4.99 Å². The van der Waals surface area contributed by atoms with Crippen molar-refractivity contribution in [2.45, 2.75) is 19.4 Å². The number of amides is 1. The van der Waals surface area contributed by atoms with Gasteiger partial charge < -0.3 is 15.0 Å². The molecular weight excluding hydrogens is 358 g/mol. The summed E-state index contributed by atoms with van der Waals surface area (Å²) in [6.07, 6.45) is 0.630. The van der Waals surface area contributed by atoms with Crippen molar-refractivity contribution in [1.29, 1.82) is 0 Å². The number of carbonyl (C=O) groups excluding carboxylic acids is 1. The topological polar surface area (TPSA) is 95.6 Å². The highest BCUT2D eigenvalue weighted by Crippen LogP contribution is 2.09. The predicted octanol–water partition coefficient (Wildman–Crippen LogP) is 2.28. The van der Waals surface area contributed by atoms with Crippen molar-refractivity contribution in [3.05, 3.63) is 63.9 Å². The van der Waals surface area contributed by atoms with Crippen LogP contribution < -0.4 is 16.2 Å². The minimum absolute atomic E-state index is 0.0375. The van der Waals surface area contributed by atoms with Crippen LogP contribution in [0.5, 0.6) is 0 Å². The van der Waals surface area contributed by atoms with Gasteiger partial charge in [-0.15, -0.1) is 0 Å². The highest BCUT2D eigenvalue weighted by atomic mass is 19.2. The lowest BCUT2D eigenvalue weighted by atomic mass is 10.2. The second-order valence-corrected chi connectivity index (χ2v) is 5.63. The molecule has 0 fully saturated rings. The maximum atomic E-state index is 13.4. The number of ether oxygens (including phenoxy) is 1. The van der Waals surface area contributed by atoms with E-state index in [9.17, 15) is 18.4 Å². The van der Waals surface area contributed by atoms with Crippen LogP contribution in [0.15, 0.2) is 46.2 Å². The maximum Gasteiger partial charge on any atom is 0.258 e. The summed E-state index contributed by atoms with van der Waals surface area (Å²) in [7, 11) is 1.53. The van der Waals surface area contributed by atoms with Gasteiger partial charge in [0.15, 0.2) is 11.6 Å². The van der Waals surface area contributed by atoms with Crippen LogP contribution in [0.1, 0.15) is 23.7 Å². The van der Waals surface area contributed by atoms with E-state index in [0.29, 0.717) is 18.8 Å². The highest BCUT2D eigenvalue weighted by Gasteiger charge is 2.14. The number of guanidine groups is 1. The molecule has 1 aromatic heterocycles. The van der Waals surface area contributed by atoms with Crippen molar-refractivity contribution < 1.29 is 18.3 Å². The van der Waals surface area contributed by atoms with Gasteiger partial charge in [0.25, 0.3) is 5.91 Å². The zero-order valence-electron chi connectivity index (χ0n) is 14.9. The third-order valence-corrected chi connectivity index (χ3v) is 3.58. The number of aliphatic imine (C=N–C) groups is 1. The number of hydrogen-bond acceptors (Lipinski definition) is 4. The molecule has 0 radical (unpaired) electrons. The summed E-state index contributed by atoms with van der Waals surface area (Å²) in [6.45, 7) is 2.21. The van der Waals surface area contributed by atoms with Crippen LogP contribution in [0.3, 0.4) is 0 Å². The van der Waals surface area contributed by atoms with Crippen LogP contribution in [-0.4, -0.2) is 36.6 Å². The van der Waals surface area contributed by atoms with Gasteiger partial charge in [0.2, 0.25) is 11.5 Å². The second-order valence-electron chi connectivity index (χ2n) is 5.63. The number of nitrogens with one attached hydrogen (secondary N) is 3. The molecule has 1 atom stereocenters. The fraction of sp³-hybridized carbons (Fsp3) is 0.278. The van der Waals surface area contributed by atoms with Gasteiger partial charge >= 0.3 is 0 Å². The van der Waals surface area contributed by atoms with Gasteiger partial charge in [-0.1, -0.05) is 13.0 Å². The number of nitrogens with zero attached hydrogens (tertiary/aromatic N) is 1. The number of methoxy groups -OCH3 is 1. The van der Waals surface area contributed by atoms with Crippen LogP contribution in [0.4, 0.5) is 14.6 Å². The molecule has 0 aliphatic rings. The lowest BCUT2D eigenvalue weighted by Crippen LogP contribution is -2.38. The average molecular weight is 378 g/mol. The summed E-state index contributed by atoms with van der Waals surface area (Å²) in [4.78, 5) is 30.7. The Morgan fingerprint density at radius 3 is 2.67 bits per heavy atom. The first-order valence-corrected chi connectivity index (χ1v) is 8.22. The molecule has 2 rings (SSSR count). The number of H-pyrrole nitrogens is 1. The van der Waals surface area contributed by atoms with Crippen LogP contribution in [-0.2, 0) is 4.74 Å². The normalized spacial score (nSPS) is 12.5. The largest absolute Gasteiger partial charge is 0.382 e. The number of rotatable bonds is 6. The maximum absolute atomic E-state index is 13.4. The Kier molecular flexibility index (Phi) is 7.18. The Balaban J connectivity index is 2.27. The van der Waals surface area contributed by atoms with Gasteiger partial charge in [-0.25, -0.2) is 13.8 Å². The van der Waals surface area contributed by atoms with Crippen molar-refractivity contribution in [2.75, 3.05) is 19.0 Å². The first kappa shape index (κ1) is 20.2. The monoisotopic (exact) mass is 378 g/mol. The Morgan fingerprint density at radius 2 is 2.04 bits per heavy atom. The molecule has 1 unspecified atom stereocenters. The number of aromatic nitrogens is 1. The number of anilines is 1. The SMILES string of the molecule is CCC(COC)N=C(NC(=O)c1ccc(F)c(F)c1)Nc1cccc(=O)[nH]1. The Hall–Kier alpha value is -3.07. The Morgan fingerprint density at radius 1 is 1.26 bits per heavy atom. The molecule has 0 bridgehead atoms. The van der Waals surface area contributed by atoms with Crippen molar-refractivity contribution in [1.82, 2.24) is 10.3 Å². The van der Waals surface area contributed by atoms with Crippen LogP contribution in [0.25, 0.3) is 0 Å². The molecular formula is C18H20F2N4O3. The van der Waals surface area contributed by atoms with Crippen LogP contribution in [0, 0.1) is 11.6 Å². The highest BCUT2D eigenvalue weighted by molar-refractivity contribution is 6.09. The molecule has 0 aliphatic carbocycles. The van der Waals surface area contributed by atoms with Gasteiger partial charge in [0.05, 0.1) is 12.6 Å². The van der Waals surface area contributed by atoms with E-state index in [4.69, 9.17) is 4.74 Å². The van der Waals surface area contributed by atoms with Crippen LogP contribution in [0.2, 0.25) is 0 Å². The first-order chi connectivity index (χ1) is 12.9. The minimum Gasteiger partial charge on any atom is -0.382 e. The molecule has 2 aromatic rings. The summed E-state index contributed by atoms with van der Waals surface area (Å²) in [6, 6.07) is 6.99. The third kappa shape index (κ3) is 6.00. The zero-order valence-corrected chi connectivity index (χ0v) is 14.9. The van der Waals surface area contributed by atoms with Gasteiger partial charge in [-0.2, -0.15) is 0 Å². The molecule has 1 amide bonds. The number of benzene rings is 1. The van der Waals surface area contributed by atoms with Gasteiger partial charge in [0, 0.05) is 18.7 Å². The van der Waals surface area contributed by atoms with Gasteiger partial charge in [-0.3, -0.25) is 14.9 Å². The second kappa shape index (κ2) is 9.58. The molecule has 1 aromatic carbocycles. The Bertz CT molecular complexity index is 883. The standard InChI is InChI=1S/C18H20F2N4O3/c1-3-12(10-27-2)21-18(23-15-5-4-6-16(25)22-15)24-17(26)11-7-8-13(19)14(20)9-11/h4-9,12H,3,10H2,1-2H3,(H3,21,22,23,24,25,26). The molecule has 144 valence electrons.